The second-order valence-electron chi connectivity index (χ2n) is 16.0. The fourth-order valence-electron chi connectivity index (χ4n) is 12.2. The molecule has 4 fully saturated rings. The zero-order chi connectivity index (χ0) is 31.0. The second-order valence-corrected chi connectivity index (χ2v) is 23.2. The molecule has 0 aromatic heterocycles. The maximum atomic E-state index is 2.81. The van der Waals surface area contributed by atoms with Crippen LogP contribution in [0.1, 0.15) is 108 Å². The van der Waals surface area contributed by atoms with Gasteiger partial charge in [-0.15, -0.1) is 0 Å². The van der Waals surface area contributed by atoms with Crippen LogP contribution in [-0.2, 0) is 16.6 Å². The molecular weight excluding hydrogens is 671 g/mol. The van der Waals surface area contributed by atoms with E-state index in [1.165, 1.54) is 99.3 Å². The molecule has 4 unspecified atom stereocenters. The van der Waals surface area contributed by atoms with Gasteiger partial charge in [0.15, 0.2) is 0 Å². The van der Waals surface area contributed by atoms with Crippen molar-refractivity contribution in [3.05, 3.63) is 130 Å². The van der Waals surface area contributed by atoms with Crippen LogP contribution in [0.25, 0.3) is 34.4 Å². The van der Waals surface area contributed by atoms with Crippen LogP contribution in [0, 0.1) is 11.8 Å². The number of rotatable bonds is 6. The van der Waals surface area contributed by atoms with Crippen LogP contribution < -0.4 is 24.8 Å². The molecule has 4 aromatic rings. The first-order valence-electron chi connectivity index (χ1n) is 19.1. The van der Waals surface area contributed by atoms with E-state index in [-0.39, 0.29) is 24.8 Å². The van der Waals surface area contributed by atoms with E-state index in [0.717, 1.165) is 28.7 Å². The van der Waals surface area contributed by atoms with Crippen molar-refractivity contribution in [1.29, 1.82) is 0 Å². The van der Waals surface area contributed by atoms with E-state index < -0.39 is 16.6 Å². The summed E-state index contributed by atoms with van der Waals surface area (Å²) < 4.78 is 3.49. The Labute approximate surface area is 310 Å². The summed E-state index contributed by atoms with van der Waals surface area (Å²) >= 11 is -2.71. The number of benzene rings is 4. The Morgan fingerprint density at radius 3 is 1.20 bits per heavy atom. The Balaban J connectivity index is 0.00000174. The van der Waals surface area contributed by atoms with Crippen LogP contribution in [0.5, 0.6) is 0 Å². The molecule has 4 atom stereocenters. The quantitative estimate of drug-likeness (QED) is 0.184. The smallest absolute Gasteiger partial charge is 1.00 e. The molecule has 4 aromatic carbocycles. The van der Waals surface area contributed by atoms with E-state index >= 15 is 0 Å². The van der Waals surface area contributed by atoms with E-state index in [1.54, 1.807) is 22.3 Å². The van der Waals surface area contributed by atoms with Crippen molar-refractivity contribution < 1.29 is 41.4 Å². The molecule has 0 nitrogen and oxygen atoms in total. The summed E-state index contributed by atoms with van der Waals surface area (Å²) in [6, 6.07) is 37.6. The minimum atomic E-state index is -2.71. The third kappa shape index (κ3) is 5.26. The van der Waals surface area contributed by atoms with Gasteiger partial charge in [-0.3, -0.25) is 0 Å². The molecule has 0 radical (unpaired) electrons. The molecule has 3 saturated carbocycles. The third-order valence-corrected chi connectivity index (χ3v) is 24.7. The van der Waals surface area contributed by atoms with Crippen LogP contribution in [0.15, 0.2) is 108 Å². The molecule has 6 aliphatic rings. The third-order valence-electron chi connectivity index (χ3n) is 14.0. The van der Waals surface area contributed by atoms with E-state index in [0.29, 0.717) is 0 Å². The molecule has 10 rings (SSSR count). The maximum Gasteiger partial charge on any atom is -1.00 e. The molecule has 250 valence electrons. The van der Waals surface area contributed by atoms with E-state index in [9.17, 15) is 0 Å². The fourth-order valence-corrected chi connectivity index (χ4v) is 26.4. The first-order chi connectivity index (χ1) is 23.3. The molecule has 3 heteroatoms. The number of hydrogen-bond donors (Lipinski definition) is 0. The van der Waals surface area contributed by atoms with Gasteiger partial charge in [-0.2, -0.15) is 0 Å². The van der Waals surface area contributed by atoms with Gasteiger partial charge in [-0.05, 0) is 0 Å². The van der Waals surface area contributed by atoms with Crippen LogP contribution >= 0.6 is 0 Å². The topological polar surface area (TPSA) is 0 Å². The van der Waals surface area contributed by atoms with Crippen molar-refractivity contribution in [3.8, 4) is 22.3 Å². The normalized spacial score (nSPS) is 27.2. The van der Waals surface area contributed by atoms with Gasteiger partial charge in [0.25, 0.3) is 0 Å². The summed E-state index contributed by atoms with van der Waals surface area (Å²) in [5, 5.41) is 0. The van der Waals surface area contributed by atoms with Crippen molar-refractivity contribution >= 4 is 12.2 Å². The molecule has 1 heterocycles. The molecule has 0 spiro atoms. The van der Waals surface area contributed by atoms with Gasteiger partial charge in [0.1, 0.15) is 0 Å². The van der Waals surface area contributed by atoms with Crippen molar-refractivity contribution in [2.45, 2.75) is 93.9 Å². The Hall–Kier alpha value is -2.35. The maximum absolute atomic E-state index is 2.81. The SMILES string of the molecule is C1=C(C2CCCC2)[CH]([Ti+2]2([CH]3C(C4CCCC4)=Cc4c(-c5ccccc5)cccc43)[CH]3CCCC[CH]32)c2cccc(-c3ccccc3)c21.[Cl-].[Cl-]. The summed E-state index contributed by atoms with van der Waals surface area (Å²) in [6.45, 7) is 0. The molecule has 0 bridgehead atoms. The number of fused-ring (bicyclic) bond motifs is 3. The number of hydrogen-bond acceptors (Lipinski definition) is 0. The van der Waals surface area contributed by atoms with Gasteiger partial charge < -0.3 is 24.8 Å². The Kier molecular flexibility index (Phi) is 9.41. The summed E-state index contributed by atoms with van der Waals surface area (Å²) in [4.78, 5) is 0. The number of halogens is 2. The van der Waals surface area contributed by atoms with Gasteiger partial charge in [0.05, 0.1) is 0 Å². The molecule has 0 amide bonds. The molecule has 49 heavy (non-hydrogen) atoms. The van der Waals surface area contributed by atoms with Crippen molar-refractivity contribution in [2.75, 3.05) is 0 Å². The Morgan fingerprint density at radius 1 is 0.408 bits per heavy atom. The van der Waals surface area contributed by atoms with Crippen LogP contribution in [0.3, 0.4) is 0 Å². The summed E-state index contributed by atoms with van der Waals surface area (Å²) in [7, 11) is 0. The Bertz CT molecular complexity index is 1740. The van der Waals surface area contributed by atoms with Crippen molar-refractivity contribution in [1.82, 2.24) is 0 Å². The standard InChI is InChI=1S/2C20H19.C6H10.2ClH.Ti/c2*1-2-9-16(10-3-1)19-12-6-11-17-13-18(14-20(17)19)15-7-4-5-8-15;1-2-4-6-5-3-1;;;/h2*1-3,6,9-15H,4-5,7-8H2;1-2H,3-6H2;2*1H;/q;;;;;+2/p-2. The predicted octanol–water partition coefficient (Wildman–Crippen LogP) is 7.30. The van der Waals surface area contributed by atoms with Crippen molar-refractivity contribution in [2.24, 2.45) is 11.8 Å². The molecule has 5 aliphatic carbocycles. The Morgan fingerprint density at radius 2 is 0.796 bits per heavy atom. The van der Waals surface area contributed by atoms with Crippen LogP contribution in [0.4, 0.5) is 0 Å². The first kappa shape index (κ1) is 33.8. The average molecular weight is 720 g/mol. The largest absolute Gasteiger partial charge is 1.00 e. The minimum Gasteiger partial charge on any atom is -1.00 e. The van der Waals surface area contributed by atoms with Crippen LogP contribution in [-0.4, -0.2) is 0 Å². The molecular formula is C46H48Cl2Ti. The van der Waals surface area contributed by atoms with E-state index in [1.807, 2.05) is 11.1 Å². The van der Waals surface area contributed by atoms with Gasteiger partial charge in [0, 0.05) is 0 Å². The van der Waals surface area contributed by atoms with E-state index in [4.69, 9.17) is 0 Å². The predicted molar refractivity (Wildman–Crippen MR) is 195 cm³/mol. The van der Waals surface area contributed by atoms with Gasteiger partial charge in [0.2, 0.25) is 0 Å². The summed E-state index contributed by atoms with van der Waals surface area (Å²) in [6.07, 6.45) is 22.9. The zero-order valence-corrected chi connectivity index (χ0v) is 31.7. The zero-order valence-electron chi connectivity index (χ0n) is 28.6. The van der Waals surface area contributed by atoms with Crippen LogP contribution in [0.2, 0.25) is 8.45 Å². The second kappa shape index (κ2) is 13.7. The average Bonchev–Trinajstić information content (AvgIpc) is 3.80. The van der Waals surface area contributed by atoms with Gasteiger partial charge >= 0.3 is 287 Å². The molecule has 1 saturated heterocycles. The molecule has 1 aliphatic heterocycles. The number of allylic oxidation sites excluding steroid dienone is 2. The van der Waals surface area contributed by atoms with Crippen molar-refractivity contribution in [3.63, 3.8) is 0 Å². The summed E-state index contributed by atoms with van der Waals surface area (Å²) in [5.74, 6) is 1.58. The van der Waals surface area contributed by atoms with Gasteiger partial charge in [-0.25, -0.2) is 0 Å². The van der Waals surface area contributed by atoms with E-state index in [2.05, 4.69) is 109 Å². The fraction of sp³-hybridized carbons (Fsp3) is 0.391. The monoisotopic (exact) mass is 718 g/mol. The minimum absolute atomic E-state index is 0. The summed E-state index contributed by atoms with van der Waals surface area (Å²) in [5.41, 5.74) is 16.3. The van der Waals surface area contributed by atoms with Gasteiger partial charge in [-0.1, -0.05) is 0 Å². The first-order valence-corrected chi connectivity index (χ1v) is 22.7. The molecule has 0 N–H and O–H groups in total.